The molecule has 1 aromatic rings. The highest BCUT2D eigenvalue weighted by Crippen LogP contribution is 2.42. The van der Waals surface area contributed by atoms with Crippen molar-refractivity contribution >= 4 is 0 Å². The second kappa shape index (κ2) is 5.78. The van der Waals surface area contributed by atoms with Gasteiger partial charge in [-0.3, -0.25) is 4.90 Å². The van der Waals surface area contributed by atoms with Crippen LogP contribution in [0.25, 0.3) is 0 Å². The van der Waals surface area contributed by atoms with Gasteiger partial charge in [0.15, 0.2) is 11.6 Å². The second-order valence-electron chi connectivity index (χ2n) is 6.05. The summed E-state index contributed by atoms with van der Waals surface area (Å²) >= 11 is 0. The number of rotatable bonds is 3. The molecule has 1 saturated heterocycles. The van der Waals surface area contributed by atoms with Crippen LogP contribution in [0.15, 0.2) is 18.2 Å². The molecule has 1 heterocycles. The first-order valence-electron chi connectivity index (χ1n) is 7.62. The highest BCUT2D eigenvalue weighted by Gasteiger charge is 2.40. The lowest BCUT2D eigenvalue weighted by Gasteiger charge is -2.35. The minimum atomic E-state index is -0.752. The third-order valence-electron chi connectivity index (χ3n) is 4.66. The fourth-order valence-corrected chi connectivity index (χ4v) is 3.51. The van der Waals surface area contributed by atoms with Gasteiger partial charge in [-0.05, 0) is 50.8 Å². The van der Waals surface area contributed by atoms with E-state index in [-0.39, 0.29) is 12.0 Å². The fraction of sp³-hybridized carbons (Fsp3) is 0.625. The quantitative estimate of drug-likeness (QED) is 0.921. The maximum absolute atomic E-state index is 14.2. The topological polar surface area (TPSA) is 29.3 Å². The van der Waals surface area contributed by atoms with Crippen LogP contribution in [0.1, 0.15) is 43.7 Å². The highest BCUT2D eigenvalue weighted by atomic mass is 19.2. The Hall–Kier alpha value is -1.00. The molecule has 0 spiro atoms. The predicted octanol–water partition coefficient (Wildman–Crippen LogP) is 3.23. The van der Waals surface area contributed by atoms with Gasteiger partial charge in [0, 0.05) is 17.6 Å². The summed E-state index contributed by atoms with van der Waals surface area (Å²) in [7, 11) is 0. The summed E-state index contributed by atoms with van der Waals surface area (Å²) < 4.78 is 27.8. The van der Waals surface area contributed by atoms with Crippen molar-refractivity contribution in [2.24, 2.45) is 11.7 Å². The number of hydrogen-bond acceptors (Lipinski definition) is 2. The van der Waals surface area contributed by atoms with E-state index in [1.165, 1.54) is 18.9 Å². The minimum Gasteiger partial charge on any atom is -0.330 e. The molecule has 2 aliphatic rings. The van der Waals surface area contributed by atoms with Crippen LogP contribution in [0.5, 0.6) is 0 Å². The van der Waals surface area contributed by atoms with Gasteiger partial charge < -0.3 is 5.73 Å². The summed E-state index contributed by atoms with van der Waals surface area (Å²) in [5.41, 5.74) is 6.42. The van der Waals surface area contributed by atoms with Crippen LogP contribution < -0.4 is 5.73 Å². The van der Waals surface area contributed by atoms with Crippen LogP contribution in [-0.2, 0) is 0 Å². The number of nitrogens with two attached hydrogens (primary N) is 1. The maximum Gasteiger partial charge on any atom is 0.163 e. The molecule has 0 aromatic heterocycles. The lowest BCUT2D eigenvalue weighted by atomic mass is 9.88. The third-order valence-corrected chi connectivity index (χ3v) is 4.66. The largest absolute Gasteiger partial charge is 0.330 e. The van der Waals surface area contributed by atoms with Crippen LogP contribution in [-0.4, -0.2) is 24.0 Å². The van der Waals surface area contributed by atoms with E-state index in [0.29, 0.717) is 18.2 Å². The summed E-state index contributed by atoms with van der Waals surface area (Å²) in [6.45, 7) is 1.51. The molecule has 1 aromatic carbocycles. The van der Waals surface area contributed by atoms with Gasteiger partial charge in [-0.25, -0.2) is 8.78 Å². The van der Waals surface area contributed by atoms with Crippen molar-refractivity contribution in [2.45, 2.75) is 44.2 Å². The number of likely N-dealkylation sites (tertiary alicyclic amines) is 1. The van der Waals surface area contributed by atoms with E-state index in [9.17, 15) is 8.78 Å². The Labute approximate surface area is 118 Å². The molecular weight excluding hydrogens is 258 g/mol. The lowest BCUT2D eigenvalue weighted by molar-refractivity contribution is 0.145. The van der Waals surface area contributed by atoms with E-state index < -0.39 is 11.6 Å². The number of hydrogen-bond donors (Lipinski definition) is 1. The second-order valence-corrected chi connectivity index (χ2v) is 6.05. The van der Waals surface area contributed by atoms with Gasteiger partial charge >= 0.3 is 0 Å². The lowest BCUT2D eigenvalue weighted by Crippen LogP contribution is -2.37. The molecule has 4 heteroatoms. The van der Waals surface area contributed by atoms with E-state index >= 15 is 0 Å². The van der Waals surface area contributed by atoms with Crippen LogP contribution in [0.3, 0.4) is 0 Å². The smallest absolute Gasteiger partial charge is 0.163 e. The molecule has 2 N–H and O–H groups in total. The fourth-order valence-electron chi connectivity index (χ4n) is 3.51. The van der Waals surface area contributed by atoms with Crippen LogP contribution in [0.4, 0.5) is 8.78 Å². The Morgan fingerprint density at radius 1 is 1.15 bits per heavy atom. The first-order chi connectivity index (χ1) is 9.72. The van der Waals surface area contributed by atoms with E-state index in [2.05, 4.69) is 4.90 Å². The molecule has 2 unspecified atom stereocenters. The van der Waals surface area contributed by atoms with E-state index in [0.717, 1.165) is 25.8 Å². The molecule has 2 nitrogen and oxygen atoms in total. The van der Waals surface area contributed by atoms with Crippen LogP contribution in [0.2, 0.25) is 0 Å². The van der Waals surface area contributed by atoms with Crippen molar-refractivity contribution in [3.05, 3.63) is 35.4 Å². The van der Waals surface area contributed by atoms with Crippen molar-refractivity contribution in [3.63, 3.8) is 0 Å². The zero-order chi connectivity index (χ0) is 14.1. The first kappa shape index (κ1) is 14.0. The summed E-state index contributed by atoms with van der Waals surface area (Å²) in [6.07, 6.45) is 5.59. The van der Waals surface area contributed by atoms with Gasteiger partial charge in [-0.1, -0.05) is 18.6 Å². The van der Waals surface area contributed by atoms with Gasteiger partial charge in [0.05, 0.1) is 0 Å². The minimum absolute atomic E-state index is 0.0642. The highest BCUT2D eigenvalue weighted by molar-refractivity contribution is 5.24. The van der Waals surface area contributed by atoms with Gasteiger partial charge in [0.2, 0.25) is 0 Å². The Kier molecular flexibility index (Phi) is 4.03. The molecule has 0 amide bonds. The van der Waals surface area contributed by atoms with Gasteiger partial charge in [-0.2, -0.15) is 0 Å². The Balaban J connectivity index is 2.00. The van der Waals surface area contributed by atoms with Crippen molar-refractivity contribution in [2.75, 3.05) is 13.1 Å². The van der Waals surface area contributed by atoms with Gasteiger partial charge in [0.1, 0.15) is 0 Å². The predicted molar refractivity (Wildman–Crippen MR) is 75.2 cm³/mol. The molecule has 1 saturated carbocycles. The van der Waals surface area contributed by atoms with Crippen molar-refractivity contribution in [1.82, 2.24) is 4.90 Å². The molecule has 110 valence electrons. The zero-order valence-electron chi connectivity index (χ0n) is 11.7. The molecule has 20 heavy (non-hydrogen) atoms. The number of nitrogens with zero attached hydrogens (tertiary/aromatic N) is 1. The standard InChI is InChI=1S/C16H22F2N2/c17-14-6-3-5-13(15(14)18)16-11(10-19)4-1-2-9-20(16)12-7-8-12/h3,5-6,11-12,16H,1-2,4,7-10,19H2. The average Bonchev–Trinajstić information content (AvgIpc) is 3.26. The Bertz CT molecular complexity index is 474. The Morgan fingerprint density at radius 3 is 2.65 bits per heavy atom. The molecule has 0 radical (unpaired) electrons. The van der Waals surface area contributed by atoms with E-state index in [1.807, 2.05) is 0 Å². The van der Waals surface area contributed by atoms with Gasteiger partial charge in [-0.15, -0.1) is 0 Å². The maximum atomic E-state index is 14.2. The monoisotopic (exact) mass is 280 g/mol. The Morgan fingerprint density at radius 2 is 1.95 bits per heavy atom. The normalized spacial score (nSPS) is 28.4. The molecule has 2 fully saturated rings. The van der Waals surface area contributed by atoms with E-state index in [4.69, 9.17) is 5.73 Å². The number of benzene rings is 1. The summed E-state index contributed by atoms with van der Waals surface area (Å²) in [5, 5.41) is 0. The van der Waals surface area contributed by atoms with Crippen molar-refractivity contribution in [1.29, 1.82) is 0 Å². The van der Waals surface area contributed by atoms with Gasteiger partial charge in [0.25, 0.3) is 0 Å². The summed E-state index contributed by atoms with van der Waals surface area (Å²) in [4.78, 5) is 2.38. The third kappa shape index (κ3) is 2.59. The molecule has 2 atom stereocenters. The average molecular weight is 280 g/mol. The zero-order valence-corrected chi connectivity index (χ0v) is 11.7. The molecule has 1 aliphatic heterocycles. The molecule has 0 bridgehead atoms. The van der Waals surface area contributed by atoms with E-state index in [1.54, 1.807) is 12.1 Å². The summed E-state index contributed by atoms with van der Waals surface area (Å²) in [6, 6.07) is 5.00. The molecule has 1 aliphatic carbocycles. The van der Waals surface area contributed by atoms with Crippen molar-refractivity contribution < 1.29 is 8.78 Å². The first-order valence-corrected chi connectivity index (χ1v) is 7.62. The van der Waals surface area contributed by atoms with Crippen LogP contribution in [0, 0.1) is 17.6 Å². The number of halogens is 2. The SMILES string of the molecule is NCC1CCCCN(C2CC2)C1c1cccc(F)c1F. The molecular formula is C16H22F2N2. The molecule has 3 rings (SSSR count). The van der Waals surface area contributed by atoms with Crippen molar-refractivity contribution in [3.8, 4) is 0 Å². The summed E-state index contributed by atoms with van der Waals surface area (Å²) in [5.74, 6) is -1.23. The van der Waals surface area contributed by atoms with Crippen LogP contribution >= 0.6 is 0 Å².